The molecule has 1 aliphatic rings. The minimum absolute atomic E-state index is 0.336. The molecule has 7 nitrogen and oxygen atoms in total. The van der Waals surface area contributed by atoms with Crippen molar-refractivity contribution in [2.24, 2.45) is 5.73 Å². The van der Waals surface area contributed by atoms with Crippen LogP contribution in [0.2, 0.25) is 0 Å². The number of furan rings is 1. The first-order valence-electron chi connectivity index (χ1n) is 8.27. The van der Waals surface area contributed by atoms with Crippen molar-refractivity contribution in [3.05, 3.63) is 38.7 Å². The number of nitrogens with one attached hydrogen (secondary N) is 1. The molecule has 0 aliphatic heterocycles. The second-order valence-electron chi connectivity index (χ2n) is 6.26. The molecular weight excluding hydrogens is 356 g/mol. The number of thiophene rings is 1. The Morgan fingerprint density at radius 1 is 1.15 bits per heavy atom. The van der Waals surface area contributed by atoms with Crippen LogP contribution in [-0.2, 0) is 22.4 Å². The molecule has 138 valence electrons. The quantitative estimate of drug-likeness (QED) is 0.779. The lowest BCUT2D eigenvalue weighted by Crippen LogP contribution is -2.23. The van der Waals surface area contributed by atoms with E-state index in [4.69, 9.17) is 14.9 Å². The fraction of sp³-hybridized carbons (Fsp3) is 0.389. The van der Waals surface area contributed by atoms with Crippen LogP contribution < -0.4 is 11.1 Å². The van der Waals surface area contributed by atoms with Crippen molar-refractivity contribution in [2.75, 3.05) is 11.9 Å². The molecule has 0 radical (unpaired) electrons. The van der Waals surface area contributed by atoms with Crippen molar-refractivity contribution >= 4 is 34.1 Å². The summed E-state index contributed by atoms with van der Waals surface area (Å²) in [5.41, 5.74) is 7.79. The summed E-state index contributed by atoms with van der Waals surface area (Å²) in [5.74, 6) is -0.599. The Morgan fingerprint density at radius 3 is 2.50 bits per heavy atom. The van der Waals surface area contributed by atoms with E-state index in [0.29, 0.717) is 33.2 Å². The number of rotatable bonds is 5. The van der Waals surface area contributed by atoms with Crippen LogP contribution in [0.15, 0.2) is 4.42 Å². The smallest absolute Gasteiger partial charge is 0.342 e. The Labute approximate surface area is 154 Å². The maximum atomic E-state index is 12.2. The van der Waals surface area contributed by atoms with Crippen molar-refractivity contribution < 1.29 is 23.5 Å². The van der Waals surface area contributed by atoms with Crippen LogP contribution in [0.1, 0.15) is 54.7 Å². The number of aryl methyl sites for hydroxylation is 3. The Balaban J connectivity index is 1.67. The molecule has 0 aromatic carbocycles. The van der Waals surface area contributed by atoms with E-state index < -0.39 is 24.4 Å². The molecule has 0 unspecified atom stereocenters. The first kappa shape index (κ1) is 18.2. The zero-order valence-corrected chi connectivity index (χ0v) is 15.7. The van der Waals surface area contributed by atoms with Gasteiger partial charge in [0.05, 0.1) is 5.56 Å². The van der Waals surface area contributed by atoms with Gasteiger partial charge in [-0.2, -0.15) is 0 Å². The lowest BCUT2D eigenvalue weighted by Gasteiger charge is -2.07. The van der Waals surface area contributed by atoms with Gasteiger partial charge in [-0.05, 0) is 45.6 Å². The van der Waals surface area contributed by atoms with Crippen LogP contribution in [0.4, 0.5) is 5.00 Å². The topological polar surface area (TPSA) is 112 Å². The van der Waals surface area contributed by atoms with E-state index in [1.165, 1.54) is 11.3 Å². The Hall–Kier alpha value is -2.61. The predicted molar refractivity (Wildman–Crippen MR) is 96.7 cm³/mol. The summed E-state index contributed by atoms with van der Waals surface area (Å²) in [4.78, 5) is 37.2. The summed E-state index contributed by atoms with van der Waals surface area (Å²) in [7, 11) is 0. The van der Waals surface area contributed by atoms with E-state index in [1.807, 2.05) is 0 Å². The normalized spacial score (nSPS) is 12.7. The third-order valence-corrected chi connectivity index (χ3v) is 5.73. The van der Waals surface area contributed by atoms with Crippen LogP contribution in [0.5, 0.6) is 0 Å². The van der Waals surface area contributed by atoms with Crippen molar-refractivity contribution in [1.82, 2.24) is 0 Å². The third kappa shape index (κ3) is 3.24. The molecule has 26 heavy (non-hydrogen) atoms. The van der Waals surface area contributed by atoms with E-state index in [1.54, 1.807) is 20.8 Å². The number of hydrogen-bond acceptors (Lipinski definition) is 6. The molecule has 3 rings (SSSR count). The van der Waals surface area contributed by atoms with Crippen LogP contribution in [0, 0.1) is 20.8 Å². The molecule has 2 aromatic rings. The minimum atomic E-state index is -0.615. The van der Waals surface area contributed by atoms with Gasteiger partial charge in [0.1, 0.15) is 22.1 Å². The van der Waals surface area contributed by atoms with Gasteiger partial charge in [-0.25, -0.2) is 4.79 Å². The molecule has 0 atom stereocenters. The lowest BCUT2D eigenvalue weighted by atomic mass is 10.1. The third-order valence-electron chi connectivity index (χ3n) is 4.52. The van der Waals surface area contributed by atoms with Gasteiger partial charge in [0, 0.05) is 10.4 Å². The molecule has 0 spiro atoms. The van der Waals surface area contributed by atoms with Gasteiger partial charge in [-0.1, -0.05) is 0 Å². The van der Waals surface area contributed by atoms with Crippen molar-refractivity contribution in [3.63, 3.8) is 0 Å². The number of carbonyl (C=O) groups is 3. The number of ether oxygens (including phenoxy) is 1. The molecule has 0 bridgehead atoms. The summed E-state index contributed by atoms with van der Waals surface area (Å²) in [6.45, 7) is 4.73. The number of hydrogen-bond donors (Lipinski definition) is 2. The summed E-state index contributed by atoms with van der Waals surface area (Å²) in [6.07, 6.45) is 2.65. The van der Waals surface area contributed by atoms with E-state index in [0.717, 1.165) is 29.7 Å². The molecule has 2 amide bonds. The number of anilines is 1. The highest BCUT2D eigenvalue weighted by atomic mass is 32.1. The number of carbonyl (C=O) groups excluding carboxylic acids is 3. The maximum absolute atomic E-state index is 12.2. The van der Waals surface area contributed by atoms with Gasteiger partial charge in [0.15, 0.2) is 6.61 Å². The SMILES string of the molecule is Cc1oc(C)c(C(=O)OCC(=O)Nc2sc3c(c2C(N)=O)CCC3)c1C. The number of amides is 2. The number of primary amides is 1. The summed E-state index contributed by atoms with van der Waals surface area (Å²) in [5, 5.41) is 3.07. The first-order valence-corrected chi connectivity index (χ1v) is 9.09. The van der Waals surface area contributed by atoms with Gasteiger partial charge in [0.25, 0.3) is 11.8 Å². The van der Waals surface area contributed by atoms with Crippen LogP contribution >= 0.6 is 11.3 Å². The Morgan fingerprint density at radius 2 is 1.88 bits per heavy atom. The first-order chi connectivity index (χ1) is 12.3. The van der Waals surface area contributed by atoms with Gasteiger partial charge >= 0.3 is 5.97 Å². The Bertz CT molecular complexity index is 909. The maximum Gasteiger partial charge on any atom is 0.342 e. The van der Waals surface area contributed by atoms with Gasteiger partial charge in [0.2, 0.25) is 0 Å². The summed E-state index contributed by atoms with van der Waals surface area (Å²) < 4.78 is 10.5. The molecule has 0 saturated heterocycles. The standard InChI is InChI=1S/C18H20N2O5S/c1-8-9(2)25-10(3)14(8)18(23)24-7-13(21)20-17-15(16(19)22)11-5-4-6-12(11)26-17/h4-7H2,1-3H3,(H2,19,22)(H,20,21). The molecule has 2 heterocycles. The molecule has 0 saturated carbocycles. The minimum Gasteiger partial charge on any atom is -0.465 e. The molecular formula is C18H20N2O5S. The monoisotopic (exact) mass is 376 g/mol. The highest BCUT2D eigenvalue weighted by Crippen LogP contribution is 2.38. The second kappa shape index (κ2) is 6.95. The van der Waals surface area contributed by atoms with Crippen molar-refractivity contribution in [2.45, 2.75) is 40.0 Å². The fourth-order valence-electron chi connectivity index (χ4n) is 3.21. The lowest BCUT2D eigenvalue weighted by molar-refractivity contribution is -0.119. The van der Waals surface area contributed by atoms with Crippen LogP contribution in [-0.4, -0.2) is 24.4 Å². The zero-order chi connectivity index (χ0) is 19.0. The van der Waals surface area contributed by atoms with E-state index in [2.05, 4.69) is 5.32 Å². The molecule has 2 aromatic heterocycles. The Kier molecular flexibility index (Phi) is 4.86. The van der Waals surface area contributed by atoms with Gasteiger partial charge in [-0.15, -0.1) is 11.3 Å². The molecule has 8 heteroatoms. The summed E-state index contributed by atoms with van der Waals surface area (Å²) >= 11 is 1.36. The van der Waals surface area contributed by atoms with Gasteiger partial charge in [-0.3, -0.25) is 9.59 Å². The molecule has 3 N–H and O–H groups in total. The largest absolute Gasteiger partial charge is 0.465 e. The van der Waals surface area contributed by atoms with E-state index >= 15 is 0 Å². The van der Waals surface area contributed by atoms with Crippen molar-refractivity contribution in [3.8, 4) is 0 Å². The second-order valence-corrected chi connectivity index (χ2v) is 7.37. The van der Waals surface area contributed by atoms with Crippen LogP contribution in [0.25, 0.3) is 0 Å². The number of esters is 1. The van der Waals surface area contributed by atoms with E-state index in [9.17, 15) is 14.4 Å². The molecule has 0 fully saturated rings. The highest BCUT2D eigenvalue weighted by molar-refractivity contribution is 7.17. The molecule has 1 aliphatic carbocycles. The predicted octanol–water partition coefficient (Wildman–Crippen LogP) is 2.65. The summed E-state index contributed by atoms with van der Waals surface area (Å²) in [6, 6.07) is 0. The van der Waals surface area contributed by atoms with Gasteiger partial charge < -0.3 is 20.2 Å². The number of fused-ring (bicyclic) bond motifs is 1. The average molecular weight is 376 g/mol. The number of nitrogens with two attached hydrogens (primary N) is 1. The average Bonchev–Trinajstić information content (AvgIpc) is 3.19. The fourth-order valence-corrected chi connectivity index (χ4v) is 4.52. The van der Waals surface area contributed by atoms with Crippen LogP contribution in [0.3, 0.4) is 0 Å². The van der Waals surface area contributed by atoms with Crippen molar-refractivity contribution in [1.29, 1.82) is 0 Å². The highest BCUT2D eigenvalue weighted by Gasteiger charge is 2.26. The van der Waals surface area contributed by atoms with E-state index in [-0.39, 0.29) is 0 Å². The zero-order valence-electron chi connectivity index (χ0n) is 14.9.